The molecule has 1 aromatic rings. The van der Waals surface area contributed by atoms with Crippen molar-refractivity contribution < 1.29 is 18.4 Å². The lowest BCUT2D eigenvalue weighted by Gasteiger charge is -2.28. The van der Waals surface area contributed by atoms with Crippen molar-refractivity contribution in [1.29, 1.82) is 0 Å². The highest BCUT2D eigenvalue weighted by Gasteiger charge is 2.25. The van der Waals surface area contributed by atoms with Crippen molar-refractivity contribution >= 4 is 26.1 Å². The van der Waals surface area contributed by atoms with E-state index in [1.165, 1.54) is 6.07 Å². The molecule has 25 heavy (non-hydrogen) atoms. The number of ether oxygens (including phenoxy) is 1. The first-order valence-corrected chi connectivity index (χ1v) is 11.0. The number of nitrogens with two attached hydrogens (primary N) is 1. The van der Waals surface area contributed by atoms with Gasteiger partial charge in [-0.05, 0) is 69.4 Å². The molecular formula is C18H29FNO3PS. The van der Waals surface area contributed by atoms with Gasteiger partial charge in [-0.3, -0.25) is 9.93 Å². The van der Waals surface area contributed by atoms with Crippen molar-refractivity contribution in [3.05, 3.63) is 24.0 Å². The zero-order valence-electron chi connectivity index (χ0n) is 15.9. The Morgan fingerprint density at radius 2 is 1.92 bits per heavy atom. The summed E-state index contributed by atoms with van der Waals surface area (Å²) >= 11 is 1.000. The van der Waals surface area contributed by atoms with Crippen LogP contribution >= 0.6 is 20.1 Å². The molecule has 0 spiro atoms. The minimum Gasteiger partial charge on any atom is -0.471 e. The standard InChI is InChI=1S/C18H29FNO3PS/c1-17(2,3)22-16(21)9-10-18(4,5)12-24(6)23-15-8-7-13(25-20)11-14(15)19/h7-8,11H,9-10,12,20H2,1-6H3. The summed E-state index contributed by atoms with van der Waals surface area (Å²) in [6.07, 6.45) is 1.82. The summed E-state index contributed by atoms with van der Waals surface area (Å²) < 4.78 is 25.1. The van der Waals surface area contributed by atoms with Crippen LogP contribution in [0.5, 0.6) is 5.75 Å². The van der Waals surface area contributed by atoms with Crippen LogP contribution in [0, 0.1) is 11.2 Å². The summed E-state index contributed by atoms with van der Waals surface area (Å²) in [4.78, 5) is 12.5. The Labute approximate surface area is 156 Å². The zero-order valence-corrected chi connectivity index (χ0v) is 17.6. The predicted octanol–water partition coefficient (Wildman–Crippen LogP) is 5.35. The molecule has 1 atom stereocenters. The number of esters is 1. The average Bonchev–Trinajstić information content (AvgIpc) is 2.45. The van der Waals surface area contributed by atoms with E-state index in [0.29, 0.717) is 17.7 Å². The van der Waals surface area contributed by atoms with E-state index in [1.54, 1.807) is 12.1 Å². The second-order valence-electron chi connectivity index (χ2n) is 7.84. The van der Waals surface area contributed by atoms with Crippen LogP contribution in [0.15, 0.2) is 23.1 Å². The molecule has 1 aromatic carbocycles. The SMILES string of the molecule is CP(CC(C)(C)CCC(=O)OC(C)(C)C)Oc1ccc(SN)cc1F. The molecule has 4 nitrogen and oxygen atoms in total. The first-order valence-electron chi connectivity index (χ1n) is 8.19. The highest BCUT2D eigenvalue weighted by Crippen LogP contribution is 2.43. The van der Waals surface area contributed by atoms with Crippen LogP contribution in [-0.4, -0.2) is 24.4 Å². The van der Waals surface area contributed by atoms with Gasteiger partial charge in [0.2, 0.25) is 0 Å². The Morgan fingerprint density at radius 1 is 1.28 bits per heavy atom. The Balaban J connectivity index is 2.54. The number of carbonyl (C=O) groups excluding carboxylic acids is 1. The quantitative estimate of drug-likeness (QED) is 0.369. The first-order chi connectivity index (χ1) is 11.4. The summed E-state index contributed by atoms with van der Waals surface area (Å²) in [6.45, 7) is 11.7. The number of hydrogen-bond donors (Lipinski definition) is 1. The predicted molar refractivity (Wildman–Crippen MR) is 104 cm³/mol. The zero-order chi connectivity index (χ0) is 19.3. The third-order valence-corrected chi connectivity index (χ3v) is 5.71. The molecule has 0 saturated heterocycles. The topological polar surface area (TPSA) is 61.5 Å². The fourth-order valence-corrected chi connectivity index (χ4v) is 4.57. The van der Waals surface area contributed by atoms with E-state index in [2.05, 4.69) is 13.8 Å². The molecule has 0 aromatic heterocycles. The summed E-state index contributed by atoms with van der Waals surface area (Å²) in [5, 5.41) is 5.42. The number of hydrogen-bond acceptors (Lipinski definition) is 5. The molecule has 0 fully saturated rings. The average molecular weight is 389 g/mol. The molecule has 2 N–H and O–H groups in total. The molecule has 142 valence electrons. The van der Waals surface area contributed by atoms with Gasteiger partial charge in [-0.2, -0.15) is 0 Å². The van der Waals surface area contributed by atoms with Crippen LogP contribution in [0.2, 0.25) is 0 Å². The Bertz CT molecular complexity index is 590. The van der Waals surface area contributed by atoms with Gasteiger partial charge in [0.1, 0.15) is 5.60 Å². The second kappa shape index (κ2) is 9.20. The van der Waals surface area contributed by atoms with Crippen LogP contribution in [0.3, 0.4) is 0 Å². The van der Waals surface area contributed by atoms with Crippen molar-refractivity contribution in [3.63, 3.8) is 0 Å². The highest BCUT2D eigenvalue weighted by molar-refractivity contribution is 7.97. The van der Waals surface area contributed by atoms with E-state index in [0.717, 1.165) is 18.1 Å². The number of rotatable bonds is 8. The van der Waals surface area contributed by atoms with Gasteiger partial charge in [-0.1, -0.05) is 13.8 Å². The van der Waals surface area contributed by atoms with Crippen LogP contribution in [0.1, 0.15) is 47.5 Å². The molecule has 0 amide bonds. The third kappa shape index (κ3) is 8.89. The maximum absolute atomic E-state index is 14.0. The van der Waals surface area contributed by atoms with Crippen LogP contribution in [0.4, 0.5) is 4.39 Å². The van der Waals surface area contributed by atoms with Crippen LogP contribution in [-0.2, 0) is 9.53 Å². The molecule has 0 saturated carbocycles. The summed E-state index contributed by atoms with van der Waals surface area (Å²) in [6, 6.07) is 4.72. The van der Waals surface area contributed by atoms with E-state index in [9.17, 15) is 9.18 Å². The smallest absolute Gasteiger partial charge is 0.306 e. The maximum Gasteiger partial charge on any atom is 0.306 e. The lowest BCUT2D eigenvalue weighted by molar-refractivity contribution is -0.155. The molecule has 1 unspecified atom stereocenters. The Kier molecular flexibility index (Phi) is 8.17. The van der Waals surface area contributed by atoms with Gasteiger partial charge in [-0.15, -0.1) is 0 Å². The van der Waals surface area contributed by atoms with Crippen LogP contribution < -0.4 is 9.66 Å². The molecule has 7 heteroatoms. The lowest BCUT2D eigenvalue weighted by atomic mass is 9.90. The molecule has 0 aliphatic rings. The summed E-state index contributed by atoms with van der Waals surface area (Å²) in [5.41, 5.74) is -0.561. The van der Waals surface area contributed by atoms with Gasteiger partial charge < -0.3 is 9.26 Å². The fourth-order valence-electron chi connectivity index (χ4n) is 2.34. The molecular weight excluding hydrogens is 360 g/mol. The normalized spacial score (nSPS) is 13.4. The molecule has 1 rings (SSSR count). The number of halogens is 1. The second-order valence-corrected chi connectivity index (χ2v) is 10.3. The largest absolute Gasteiger partial charge is 0.471 e. The van der Waals surface area contributed by atoms with Crippen LogP contribution in [0.25, 0.3) is 0 Å². The van der Waals surface area contributed by atoms with E-state index in [1.807, 2.05) is 27.4 Å². The minimum absolute atomic E-state index is 0.0963. The minimum atomic E-state index is -0.863. The lowest BCUT2D eigenvalue weighted by Crippen LogP contribution is -2.25. The highest BCUT2D eigenvalue weighted by atomic mass is 32.2. The molecule has 0 aliphatic heterocycles. The van der Waals surface area contributed by atoms with Gasteiger partial charge in [0.15, 0.2) is 11.6 Å². The third-order valence-electron chi connectivity index (χ3n) is 3.37. The molecule has 0 radical (unpaired) electrons. The number of carbonyl (C=O) groups is 1. The first kappa shape index (κ1) is 22.2. The van der Waals surface area contributed by atoms with Gasteiger partial charge >= 0.3 is 5.97 Å². The summed E-state index contributed by atoms with van der Waals surface area (Å²) in [5.74, 6) is -0.353. The van der Waals surface area contributed by atoms with E-state index in [4.69, 9.17) is 14.4 Å². The van der Waals surface area contributed by atoms with Gasteiger partial charge in [0, 0.05) is 17.5 Å². The van der Waals surface area contributed by atoms with Crippen molar-refractivity contribution in [1.82, 2.24) is 0 Å². The van der Waals surface area contributed by atoms with E-state index < -0.39 is 19.6 Å². The van der Waals surface area contributed by atoms with Crippen molar-refractivity contribution in [2.45, 2.75) is 58.0 Å². The van der Waals surface area contributed by atoms with E-state index in [-0.39, 0.29) is 17.1 Å². The Hall–Kier alpha value is -0.840. The maximum atomic E-state index is 14.0. The van der Waals surface area contributed by atoms with Crippen molar-refractivity contribution in [2.75, 3.05) is 12.8 Å². The van der Waals surface area contributed by atoms with Crippen molar-refractivity contribution in [3.8, 4) is 5.75 Å². The fraction of sp³-hybridized carbons (Fsp3) is 0.611. The van der Waals surface area contributed by atoms with Crippen molar-refractivity contribution in [2.24, 2.45) is 10.6 Å². The van der Waals surface area contributed by atoms with E-state index >= 15 is 0 Å². The van der Waals surface area contributed by atoms with Gasteiger partial charge in [-0.25, -0.2) is 4.39 Å². The molecule has 0 bridgehead atoms. The van der Waals surface area contributed by atoms with Gasteiger partial charge in [0.25, 0.3) is 0 Å². The molecule has 0 heterocycles. The number of benzene rings is 1. The van der Waals surface area contributed by atoms with Gasteiger partial charge in [0.05, 0.1) is 8.15 Å². The Morgan fingerprint density at radius 3 is 2.44 bits per heavy atom. The molecule has 0 aliphatic carbocycles. The summed E-state index contributed by atoms with van der Waals surface area (Å²) in [7, 11) is -0.863. The monoisotopic (exact) mass is 389 g/mol.